The standard InChI is InChI=1S/C19H24N2O3S/c1-13-18(14(2)24-20-13)11-25-12-19(22)21(16-6-7-16)10-15-4-8-17(23-3)9-5-15/h4-5,8-9,16H,6-7,10-12H2,1-3H3. The van der Waals surface area contributed by atoms with Crippen molar-refractivity contribution < 1.29 is 14.1 Å². The van der Waals surface area contributed by atoms with Crippen molar-refractivity contribution in [2.75, 3.05) is 12.9 Å². The van der Waals surface area contributed by atoms with E-state index in [0.29, 0.717) is 18.3 Å². The van der Waals surface area contributed by atoms with Crippen LogP contribution in [0.2, 0.25) is 0 Å². The first-order chi connectivity index (χ1) is 12.1. The highest BCUT2D eigenvalue weighted by molar-refractivity contribution is 7.99. The molecule has 1 amide bonds. The Kier molecular flexibility index (Phi) is 5.68. The van der Waals surface area contributed by atoms with E-state index in [4.69, 9.17) is 9.26 Å². The normalized spacial score (nSPS) is 13.7. The van der Waals surface area contributed by atoms with E-state index in [0.717, 1.165) is 46.9 Å². The van der Waals surface area contributed by atoms with Crippen molar-refractivity contribution >= 4 is 17.7 Å². The Hall–Kier alpha value is -1.95. The molecule has 6 heteroatoms. The number of carbonyl (C=O) groups excluding carboxylic acids is 1. The van der Waals surface area contributed by atoms with Gasteiger partial charge < -0.3 is 14.2 Å². The Balaban J connectivity index is 1.55. The van der Waals surface area contributed by atoms with Crippen LogP contribution in [0, 0.1) is 13.8 Å². The summed E-state index contributed by atoms with van der Waals surface area (Å²) in [5, 5.41) is 3.96. The van der Waals surface area contributed by atoms with Gasteiger partial charge >= 0.3 is 0 Å². The molecule has 0 N–H and O–H groups in total. The molecule has 0 unspecified atom stereocenters. The van der Waals surface area contributed by atoms with Crippen LogP contribution in [-0.4, -0.2) is 34.9 Å². The molecule has 5 nitrogen and oxygen atoms in total. The fourth-order valence-electron chi connectivity index (χ4n) is 2.77. The minimum absolute atomic E-state index is 0.204. The maximum atomic E-state index is 12.7. The number of ether oxygens (including phenoxy) is 1. The summed E-state index contributed by atoms with van der Waals surface area (Å²) in [6.07, 6.45) is 2.22. The number of carbonyl (C=O) groups is 1. The van der Waals surface area contributed by atoms with Crippen molar-refractivity contribution in [1.82, 2.24) is 10.1 Å². The first kappa shape index (κ1) is 17.9. The van der Waals surface area contributed by atoms with Crippen LogP contribution in [0.3, 0.4) is 0 Å². The first-order valence-corrected chi connectivity index (χ1v) is 9.66. The van der Waals surface area contributed by atoms with Crippen molar-refractivity contribution in [3.63, 3.8) is 0 Å². The van der Waals surface area contributed by atoms with Gasteiger partial charge in [-0.1, -0.05) is 17.3 Å². The zero-order chi connectivity index (χ0) is 17.8. The van der Waals surface area contributed by atoms with Gasteiger partial charge in [0, 0.05) is 23.9 Å². The molecule has 0 bridgehead atoms. The largest absolute Gasteiger partial charge is 0.497 e. The zero-order valence-electron chi connectivity index (χ0n) is 14.9. The fraction of sp³-hybridized carbons (Fsp3) is 0.474. The molecule has 1 aliphatic carbocycles. The second-order valence-electron chi connectivity index (χ2n) is 6.40. The van der Waals surface area contributed by atoms with E-state index in [2.05, 4.69) is 5.16 Å². The van der Waals surface area contributed by atoms with Crippen LogP contribution in [-0.2, 0) is 17.1 Å². The Bertz CT molecular complexity index is 703. The molecule has 0 atom stereocenters. The number of methoxy groups -OCH3 is 1. The van der Waals surface area contributed by atoms with E-state index in [1.165, 1.54) is 0 Å². The molecule has 1 heterocycles. The minimum atomic E-state index is 0.204. The highest BCUT2D eigenvalue weighted by Crippen LogP contribution is 2.30. The summed E-state index contributed by atoms with van der Waals surface area (Å²) in [7, 11) is 1.66. The maximum Gasteiger partial charge on any atom is 0.233 e. The lowest BCUT2D eigenvalue weighted by Crippen LogP contribution is -2.34. The van der Waals surface area contributed by atoms with Crippen molar-refractivity contribution in [2.24, 2.45) is 0 Å². The zero-order valence-corrected chi connectivity index (χ0v) is 15.8. The number of rotatable bonds is 8. The molecule has 1 aromatic carbocycles. The molecule has 25 heavy (non-hydrogen) atoms. The molecular formula is C19H24N2O3S. The van der Waals surface area contributed by atoms with E-state index in [9.17, 15) is 4.79 Å². The average molecular weight is 360 g/mol. The predicted octanol–water partition coefficient (Wildman–Crippen LogP) is 3.72. The summed E-state index contributed by atoms with van der Waals surface area (Å²) >= 11 is 1.63. The average Bonchev–Trinajstić information content (AvgIpc) is 3.41. The highest BCUT2D eigenvalue weighted by atomic mass is 32.2. The van der Waals surface area contributed by atoms with Gasteiger partial charge in [0.15, 0.2) is 0 Å². The highest BCUT2D eigenvalue weighted by Gasteiger charge is 2.32. The van der Waals surface area contributed by atoms with Gasteiger partial charge in [-0.25, -0.2) is 0 Å². The van der Waals surface area contributed by atoms with Gasteiger partial charge in [0.25, 0.3) is 0 Å². The van der Waals surface area contributed by atoms with Gasteiger partial charge in [-0.2, -0.15) is 0 Å². The lowest BCUT2D eigenvalue weighted by Gasteiger charge is -2.22. The summed E-state index contributed by atoms with van der Waals surface area (Å²) in [6, 6.07) is 8.33. The van der Waals surface area contributed by atoms with Crippen LogP contribution in [0.15, 0.2) is 28.8 Å². The molecule has 0 radical (unpaired) electrons. The summed E-state index contributed by atoms with van der Waals surface area (Å²) < 4.78 is 10.4. The van der Waals surface area contributed by atoms with E-state index >= 15 is 0 Å². The number of benzene rings is 1. The SMILES string of the molecule is COc1ccc(CN(C(=O)CSCc2c(C)noc2C)C2CC2)cc1. The summed E-state index contributed by atoms with van der Waals surface area (Å²) in [4.78, 5) is 14.7. The Morgan fingerprint density at radius 2 is 2.04 bits per heavy atom. The van der Waals surface area contributed by atoms with Gasteiger partial charge in [-0.3, -0.25) is 4.79 Å². The molecule has 1 fully saturated rings. The summed E-state index contributed by atoms with van der Waals surface area (Å²) in [6.45, 7) is 4.52. The second-order valence-corrected chi connectivity index (χ2v) is 7.38. The summed E-state index contributed by atoms with van der Waals surface area (Å²) in [5.74, 6) is 3.12. The topological polar surface area (TPSA) is 55.6 Å². The van der Waals surface area contributed by atoms with Crippen LogP contribution < -0.4 is 4.74 Å². The first-order valence-electron chi connectivity index (χ1n) is 8.50. The van der Waals surface area contributed by atoms with Gasteiger partial charge in [0.2, 0.25) is 5.91 Å². The molecular weight excluding hydrogens is 336 g/mol. The van der Waals surface area contributed by atoms with E-state index < -0.39 is 0 Å². The molecule has 0 aliphatic heterocycles. The molecule has 0 spiro atoms. The van der Waals surface area contributed by atoms with Crippen LogP contribution in [0.1, 0.15) is 35.4 Å². The third kappa shape index (κ3) is 4.57. The third-order valence-electron chi connectivity index (χ3n) is 4.47. The molecule has 0 saturated heterocycles. The number of amides is 1. The smallest absolute Gasteiger partial charge is 0.233 e. The van der Waals surface area contributed by atoms with Crippen LogP contribution in [0.5, 0.6) is 5.75 Å². The Morgan fingerprint density at radius 1 is 1.32 bits per heavy atom. The minimum Gasteiger partial charge on any atom is -0.497 e. The number of aryl methyl sites for hydroxylation is 2. The Morgan fingerprint density at radius 3 is 2.60 bits per heavy atom. The van der Waals surface area contributed by atoms with Crippen molar-refractivity contribution in [1.29, 1.82) is 0 Å². The quantitative estimate of drug-likeness (QED) is 0.718. The van der Waals surface area contributed by atoms with Gasteiger partial charge in [-0.05, 0) is 44.4 Å². The number of aromatic nitrogens is 1. The van der Waals surface area contributed by atoms with Gasteiger partial charge in [0.1, 0.15) is 11.5 Å². The van der Waals surface area contributed by atoms with Crippen molar-refractivity contribution in [3.8, 4) is 5.75 Å². The lowest BCUT2D eigenvalue weighted by molar-refractivity contribution is -0.129. The van der Waals surface area contributed by atoms with Gasteiger partial charge in [0.05, 0.1) is 18.6 Å². The molecule has 1 aliphatic rings. The number of hydrogen-bond acceptors (Lipinski definition) is 5. The monoisotopic (exact) mass is 360 g/mol. The number of thioether (sulfide) groups is 1. The van der Waals surface area contributed by atoms with E-state index in [-0.39, 0.29) is 5.91 Å². The van der Waals surface area contributed by atoms with Crippen LogP contribution in [0.25, 0.3) is 0 Å². The van der Waals surface area contributed by atoms with Gasteiger partial charge in [-0.15, -0.1) is 11.8 Å². The van der Waals surface area contributed by atoms with Crippen LogP contribution >= 0.6 is 11.8 Å². The molecule has 1 aromatic heterocycles. The Labute approximate surface area is 152 Å². The predicted molar refractivity (Wildman–Crippen MR) is 98.7 cm³/mol. The van der Waals surface area contributed by atoms with Crippen LogP contribution in [0.4, 0.5) is 0 Å². The molecule has 134 valence electrons. The maximum absolute atomic E-state index is 12.7. The molecule has 2 aromatic rings. The number of hydrogen-bond donors (Lipinski definition) is 0. The third-order valence-corrected chi connectivity index (χ3v) is 5.42. The molecule has 1 saturated carbocycles. The fourth-order valence-corrected chi connectivity index (χ4v) is 3.82. The number of nitrogens with zero attached hydrogens (tertiary/aromatic N) is 2. The molecule has 3 rings (SSSR count). The van der Waals surface area contributed by atoms with E-state index in [1.807, 2.05) is 43.0 Å². The lowest BCUT2D eigenvalue weighted by atomic mass is 10.2. The van der Waals surface area contributed by atoms with E-state index in [1.54, 1.807) is 18.9 Å². The summed E-state index contributed by atoms with van der Waals surface area (Å²) in [5.41, 5.74) is 3.15. The second kappa shape index (κ2) is 7.95. The van der Waals surface area contributed by atoms with Crippen molar-refractivity contribution in [2.45, 2.75) is 45.0 Å². The van der Waals surface area contributed by atoms with Crippen molar-refractivity contribution in [3.05, 3.63) is 46.8 Å².